The van der Waals surface area contributed by atoms with Crippen LogP contribution < -0.4 is 0 Å². The highest BCUT2D eigenvalue weighted by atomic mass is 32.2. The molecule has 0 N–H and O–H groups in total. The number of hydrogen-bond acceptors (Lipinski definition) is 4. The molecule has 1 saturated carbocycles. The Morgan fingerprint density at radius 1 is 0.931 bits per heavy atom. The highest BCUT2D eigenvalue weighted by Crippen LogP contribution is 2.37. The Kier molecular flexibility index (Phi) is 4.88. The average Bonchev–Trinajstić information content (AvgIpc) is 3.04. The van der Waals surface area contributed by atoms with E-state index in [9.17, 15) is 13.2 Å². The molecule has 0 aromatic heterocycles. The Morgan fingerprint density at radius 3 is 2.45 bits per heavy atom. The topological polar surface area (TPSA) is 70.0 Å². The van der Waals surface area contributed by atoms with Crippen LogP contribution in [0.25, 0.3) is 0 Å². The summed E-state index contributed by atoms with van der Waals surface area (Å²) < 4.78 is 28.7. The van der Waals surface area contributed by atoms with Crippen LogP contribution in [-0.4, -0.2) is 56.1 Å². The lowest BCUT2D eigenvalue weighted by molar-refractivity contribution is -0.140. The van der Waals surface area contributed by atoms with Crippen molar-refractivity contribution in [3.63, 3.8) is 0 Å². The van der Waals surface area contributed by atoms with Gasteiger partial charge < -0.3 is 9.80 Å². The molecular weight excluding hydrogens is 386 g/mol. The number of nitrogens with zero attached hydrogens (tertiary/aromatic N) is 3. The zero-order valence-electron chi connectivity index (χ0n) is 16.8. The molecule has 3 aliphatic heterocycles. The molecule has 1 aromatic carbocycles. The maximum atomic E-state index is 13.1. The molecule has 2 atom stereocenters. The molecule has 7 heteroatoms. The molecule has 0 unspecified atom stereocenters. The summed E-state index contributed by atoms with van der Waals surface area (Å²) in [7, 11) is -3.59. The van der Waals surface area contributed by atoms with Crippen molar-refractivity contribution in [2.45, 2.75) is 49.8 Å². The van der Waals surface area contributed by atoms with Gasteiger partial charge in [-0.2, -0.15) is 8.42 Å². The Balaban J connectivity index is 1.23. The van der Waals surface area contributed by atoms with Crippen molar-refractivity contribution in [2.75, 3.05) is 26.2 Å². The van der Waals surface area contributed by atoms with Crippen molar-refractivity contribution >= 4 is 21.8 Å². The number of hydrogen-bond donors (Lipinski definition) is 0. The number of likely N-dealkylation sites (tertiary alicyclic amines) is 2. The summed E-state index contributed by atoms with van der Waals surface area (Å²) in [6.07, 6.45) is 8.00. The van der Waals surface area contributed by atoms with Crippen molar-refractivity contribution in [1.82, 2.24) is 9.80 Å². The monoisotopic (exact) mass is 415 g/mol. The highest BCUT2D eigenvalue weighted by Gasteiger charge is 2.38. The van der Waals surface area contributed by atoms with E-state index < -0.39 is 10.0 Å². The number of benzene rings is 1. The second kappa shape index (κ2) is 7.42. The van der Waals surface area contributed by atoms with Gasteiger partial charge in [0.1, 0.15) is 4.90 Å². The molecule has 0 radical (unpaired) electrons. The van der Waals surface area contributed by atoms with Crippen molar-refractivity contribution in [3.05, 3.63) is 29.8 Å². The second-order valence-corrected chi connectivity index (χ2v) is 10.6. The third-order valence-corrected chi connectivity index (χ3v) is 8.68. The summed E-state index contributed by atoms with van der Waals surface area (Å²) in [6.45, 7) is 3.22. The van der Waals surface area contributed by atoms with Gasteiger partial charge in [-0.15, -0.1) is 4.40 Å². The molecule has 0 spiro atoms. The van der Waals surface area contributed by atoms with Crippen LogP contribution in [0.4, 0.5) is 0 Å². The van der Waals surface area contributed by atoms with Crippen LogP contribution in [0.15, 0.2) is 33.6 Å². The highest BCUT2D eigenvalue weighted by molar-refractivity contribution is 7.90. The van der Waals surface area contributed by atoms with Gasteiger partial charge in [-0.1, -0.05) is 31.4 Å². The quantitative estimate of drug-likeness (QED) is 0.707. The SMILES string of the molecule is O=C(C1CCN(C2=NS(=O)(=O)c3ccccc32)CC1)N1CC[C@H]2CCCC[C@@H]2C1. The average molecular weight is 416 g/mol. The summed E-state index contributed by atoms with van der Waals surface area (Å²) >= 11 is 0. The van der Waals surface area contributed by atoms with Gasteiger partial charge in [-0.25, -0.2) is 0 Å². The standard InChI is InChI=1S/C22H29N3O3S/c26-22(25-14-9-16-5-1-2-6-18(16)15-25)17-10-12-24(13-11-17)21-19-7-3-4-8-20(19)29(27,28)23-21/h3-4,7-8,16-18H,1-2,5-6,9-15H2/t16-,18-/m1/s1. The smallest absolute Gasteiger partial charge is 0.285 e. The van der Waals surface area contributed by atoms with Gasteiger partial charge in [-0.05, 0) is 49.7 Å². The van der Waals surface area contributed by atoms with Crippen molar-refractivity contribution in [1.29, 1.82) is 0 Å². The molecule has 4 aliphatic rings. The molecule has 0 bridgehead atoms. The normalized spacial score (nSPS) is 29.2. The van der Waals surface area contributed by atoms with Gasteiger partial charge in [0.15, 0.2) is 5.84 Å². The van der Waals surface area contributed by atoms with Crippen LogP contribution in [0, 0.1) is 17.8 Å². The summed E-state index contributed by atoms with van der Waals surface area (Å²) in [5.41, 5.74) is 0.691. The third kappa shape index (κ3) is 3.47. The third-order valence-electron chi connectivity index (χ3n) is 7.36. The van der Waals surface area contributed by atoms with E-state index in [0.29, 0.717) is 41.2 Å². The minimum Gasteiger partial charge on any atom is -0.355 e. The fourth-order valence-corrected chi connectivity index (χ4v) is 6.94. The van der Waals surface area contributed by atoms with E-state index in [1.54, 1.807) is 12.1 Å². The minimum absolute atomic E-state index is 0.0558. The van der Waals surface area contributed by atoms with Gasteiger partial charge in [0.25, 0.3) is 10.0 Å². The summed E-state index contributed by atoms with van der Waals surface area (Å²) in [6, 6.07) is 7.02. The number of rotatable bonds is 1. The molecule has 1 aliphatic carbocycles. The summed E-state index contributed by atoms with van der Waals surface area (Å²) in [5, 5.41) is 0. The van der Waals surface area contributed by atoms with Gasteiger partial charge in [0.2, 0.25) is 5.91 Å². The van der Waals surface area contributed by atoms with Crippen molar-refractivity contribution in [2.24, 2.45) is 22.2 Å². The maximum absolute atomic E-state index is 13.1. The van der Waals surface area contributed by atoms with Gasteiger partial charge in [0.05, 0.1) is 0 Å². The number of sulfonamides is 1. The number of carbonyl (C=O) groups excluding carboxylic acids is 1. The van der Waals surface area contributed by atoms with Crippen LogP contribution in [-0.2, 0) is 14.8 Å². The Morgan fingerprint density at radius 2 is 1.66 bits per heavy atom. The Hall–Kier alpha value is -1.89. The molecule has 1 amide bonds. The van der Waals surface area contributed by atoms with E-state index in [0.717, 1.165) is 31.8 Å². The van der Waals surface area contributed by atoms with Crippen molar-refractivity contribution in [3.8, 4) is 0 Å². The van der Waals surface area contributed by atoms with Crippen LogP contribution in [0.2, 0.25) is 0 Å². The first-order chi connectivity index (χ1) is 14.0. The first-order valence-corrected chi connectivity index (χ1v) is 12.4. The number of piperidine rings is 2. The lowest BCUT2D eigenvalue weighted by atomic mass is 9.75. The number of amides is 1. The van der Waals surface area contributed by atoms with Crippen LogP contribution in [0.3, 0.4) is 0 Å². The van der Waals surface area contributed by atoms with Gasteiger partial charge >= 0.3 is 0 Å². The first kappa shape index (κ1) is 19.1. The van der Waals surface area contributed by atoms with E-state index in [2.05, 4.69) is 9.30 Å². The minimum atomic E-state index is -3.59. The van der Waals surface area contributed by atoms with Crippen LogP contribution in [0.5, 0.6) is 0 Å². The lowest BCUT2D eigenvalue weighted by Crippen LogP contribution is -2.49. The van der Waals surface area contributed by atoms with Crippen LogP contribution in [0.1, 0.15) is 50.5 Å². The molecule has 156 valence electrons. The van der Waals surface area contributed by atoms with E-state index in [1.807, 2.05) is 17.0 Å². The molecule has 3 heterocycles. The van der Waals surface area contributed by atoms with Crippen LogP contribution >= 0.6 is 0 Å². The number of carbonyl (C=O) groups is 1. The van der Waals surface area contributed by atoms with E-state index >= 15 is 0 Å². The lowest BCUT2D eigenvalue weighted by Gasteiger charge is -2.43. The summed E-state index contributed by atoms with van der Waals surface area (Å²) in [5.74, 6) is 2.46. The van der Waals surface area contributed by atoms with E-state index in [1.165, 1.54) is 32.1 Å². The molecule has 2 saturated heterocycles. The molecule has 5 rings (SSSR count). The number of fused-ring (bicyclic) bond motifs is 2. The summed E-state index contributed by atoms with van der Waals surface area (Å²) in [4.78, 5) is 17.6. The zero-order chi connectivity index (χ0) is 20.0. The maximum Gasteiger partial charge on any atom is 0.285 e. The van der Waals surface area contributed by atoms with E-state index in [-0.39, 0.29) is 5.92 Å². The predicted octanol–water partition coefficient (Wildman–Crippen LogP) is 2.89. The van der Waals surface area contributed by atoms with E-state index in [4.69, 9.17) is 0 Å². The fraction of sp³-hybridized carbons (Fsp3) is 0.636. The first-order valence-electron chi connectivity index (χ1n) is 11.0. The van der Waals surface area contributed by atoms with Gasteiger partial charge in [0, 0.05) is 37.7 Å². The zero-order valence-corrected chi connectivity index (χ0v) is 17.6. The van der Waals surface area contributed by atoms with Crippen molar-refractivity contribution < 1.29 is 13.2 Å². The van der Waals surface area contributed by atoms with Gasteiger partial charge in [-0.3, -0.25) is 4.79 Å². The predicted molar refractivity (Wildman–Crippen MR) is 111 cm³/mol. The molecule has 3 fully saturated rings. The molecular formula is C22H29N3O3S. The molecule has 6 nitrogen and oxygen atoms in total. The molecule has 1 aromatic rings. The second-order valence-electron chi connectivity index (χ2n) is 9.02. The molecule has 29 heavy (non-hydrogen) atoms. The number of amidine groups is 1. The fourth-order valence-electron chi connectivity index (χ4n) is 5.71. The largest absolute Gasteiger partial charge is 0.355 e. The Labute approximate surface area is 173 Å². The Bertz CT molecular complexity index is 934.